The maximum Gasteiger partial charge on any atom is 0.349 e. The number of aliphatic hydroxyl groups is 1. The van der Waals surface area contributed by atoms with Crippen molar-refractivity contribution in [3.05, 3.63) is 75.1 Å². The molecule has 1 aliphatic heterocycles. The molecule has 1 fully saturated rings. The largest absolute Gasteiger partial charge is 1.00 e. The van der Waals surface area contributed by atoms with Crippen molar-refractivity contribution < 1.29 is 40.8 Å². The van der Waals surface area contributed by atoms with E-state index in [0.29, 0.717) is 16.4 Å². The Morgan fingerprint density at radius 3 is 2.16 bits per heavy atom. The van der Waals surface area contributed by atoms with Gasteiger partial charge >= 0.3 is 5.97 Å². The van der Waals surface area contributed by atoms with Crippen LogP contribution in [-0.2, 0) is 15.1 Å². The highest BCUT2D eigenvalue weighted by Crippen LogP contribution is 2.37. The highest BCUT2D eigenvalue weighted by Gasteiger charge is 2.45. The van der Waals surface area contributed by atoms with E-state index in [4.69, 9.17) is 9.47 Å². The minimum atomic E-state index is -1.73. The Labute approximate surface area is 207 Å². The van der Waals surface area contributed by atoms with Gasteiger partial charge in [0.15, 0.2) is 0 Å². The molecular weight excluding hydrogens is 510 g/mol. The number of ether oxygens (including phenoxy) is 2. The number of carbonyl (C=O) groups excluding carboxylic acids is 1. The first-order valence-corrected chi connectivity index (χ1v) is 12.3. The molecule has 8 heteroatoms. The number of hydrogen-bond acceptors (Lipinski definition) is 6. The first-order valence-electron chi connectivity index (χ1n) is 10.5. The third-order valence-corrected chi connectivity index (χ3v) is 7.91. The number of quaternary nitrogens is 1. The molecule has 0 unspecified atom stereocenters. The summed E-state index contributed by atoms with van der Waals surface area (Å²) >= 11 is 2.73. The van der Waals surface area contributed by atoms with E-state index in [2.05, 4.69) is 7.05 Å². The SMILES string of the molecule is C[N+]1(CCOc2ccccc2)CCC(OC(=O)C(O)(c2cccs2)c2cccs2)CC1.[Br-]. The van der Waals surface area contributed by atoms with Gasteiger partial charge in [0.25, 0.3) is 0 Å². The van der Waals surface area contributed by atoms with Gasteiger partial charge < -0.3 is 36.0 Å². The lowest BCUT2D eigenvalue weighted by molar-refractivity contribution is -0.915. The molecule has 0 radical (unpaired) electrons. The van der Waals surface area contributed by atoms with Crippen LogP contribution in [0.3, 0.4) is 0 Å². The number of esters is 1. The minimum Gasteiger partial charge on any atom is -1.00 e. The average molecular weight is 539 g/mol. The second-order valence-electron chi connectivity index (χ2n) is 8.22. The molecule has 172 valence electrons. The van der Waals surface area contributed by atoms with Gasteiger partial charge in [-0.15, -0.1) is 22.7 Å². The molecule has 2 aromatic heterocycles. The van der Waals surface area contributed by atoms with Crippen LogP contribution in [-0.4, -0.2) is 55.0 Å². The standard InChI is InChI=1S/C24H28NO4S2.BrH/c1-25(15-16-28-19-7-3-2-4-8-19)13-11-20(12-14-25)29-23(26)24(27,21-9-5-17-30-21)22-10-6-18-31-22;/h2-10,17-18,20,27H,11-16H2,1H3;1H/q+1;/p-1. The van der Waals surface area contributed by atoms with Crippen LogP contribution in [0.5, 0.6) is 5.75 Å². The van der Waals surface area contributed by atoms with Crippen LogP contribution in [0, 0.1) is 0 Å². The number of benzene rings is 1. The van der Waals surface area contributed by atoms with Gasteiger partial charge in [0.1, 0.15) is 25.0 Å². The molecule has 1 aliphatic rings. The Balaban J connectivity index is 0.00000289. The van der Waals surface area contributed by atoms with Gasteiger partial charge in [-0.25, -0.2) is 4.79 Å². The van der Waals surface area contributed by atoms with E-state index >= 15 is 0 Å². The number of para-hydroxylation sites is 1. The molecule has 3 heterocycles. The number of hydrogen-bond donors (Lipinski definition) is 1. The smallest absolute Gasteiger partial charge is 0.349 e. The fourth-order valence-corrected chi connectivity index (χ4v) is 5.65. The molecule has 1 saturated heterocycles. The third-order valence-electron chi connectivity index (χ3n) is 5.95. The van der Waals surface area contributed by atoms with Crippen LogP contribution in [0.1, 0.15) is 22.6 Å². The Kier molecular flexibility index (Phi) is 8.52. The zero-order valence-electron chi connectivity index (χ0n) is 18.0. The number of piperidine rings is 1. The van der Waals surface area contributed by atoms with Crippen LogP contribution in [0.4, 0.5) is 0 Å². The number of likely N-dealkylation sites (tertiary alicyclic amines) is 1. The van der Waals surface area contributed by atoms with Gasteiger partial charge in [-0.05, 0) is 35.0 Å². The fraction of sp³-hybridized carbons (Fsp3) is 0.375. The van der Waals surface area contributed by atoms with Crippen LogP contribution in [0.25, 0.3) is 0 Å². The molecule has 0 saturated carbocycles. The number of rotatable bonds is 8. The molecule has 4 rings (SSSR count). The Hall–Kier alpha value is -1.71. The van der Waals surface area contributed by atoms with Crippen LogP contribution in [0.15, 0.2) is 65.4 Å². The van der Waals surface area contributed by atoms with Crippen molar-refractivity contribution in [2.75, 3.05) is 33.3 Å². The molecule has 0 bridgehead atoms. The van der Waals surface area contributed by atoms with Crippen LogP contribution >= 0.6 is 22.7 Å². The number of halogens is 1. The summed E-state index contributed by atoms with van der Waals surface area (Å²) in [5, 5.41) is 15.1. The number of carbonyl (C=O) groups is 1. The predicted octanol–water partition coefficient (Wildman–Crippen LogP) is 1.28. The van der Waals surface area contributed by atoms with E-state index in [1.54, 1.807) is 12.1 Å². The van der Waals surface area contributed by atoms with E-state index in [0.717, 1.165) is 42.7 Å². The van der Waals surface area contributed by atoms with Gasteiger partial charge in [0.05, 0.1) is 29.9 Å². The maximum absolute atomic E-state index is 13.1. The lowest BCUT2D eigenvalue weighted by atomic mass is 9.99. The van der Waals surface area contributed by atoms with E-state index in [1.807, 2.05) is 53.2 Å². The zero-order chi connectivity index (χ0) is 21.7. The maximum atomic E-state index is 13.1. The van der Waals surface area contributed by atoms with Gasteiger partial charge in [0, 0.05) is 12.8 Å². The molecule has 32 heavy (non-hydrogen) atoms. The van der Waals surface area contributed by atoms with Crippen molar-refractivity contribution in [3.8, 4) is 5.75 Å². The molecule has 0 atom stereocenters. The van der Waals surface area contributed by atoms with Crippen LogP contribution < -0.4 is 21.7 Å². The summed E-state index contributed by atoms with van der Waals surface area (Å²) in [6.45, 7) is 3.38. The lowest BCUT2D eigenvalue weighted by Crippen LogP contribution is -3.00. The number of thiophene rings is 2. The first kappa shape index (κ1) is 24.9. The topological polar surface area (TPSA) is 55.8 Å². The summed E-state index contributed by atoms with van der Waals surface area (Å²) in [6.07, 6.45) is 1.37. The van der Waals surface area contributed by atoms with Gasteiger partial charge in [-0.1, -0.05) is 30.3 Å². The van der Waals surface area contributed by atoms with E-state index in [9.17, 15) is 9.90 Å². The number of likely N-dealkylation sites (N-methyl/N-ethyl adjacent to an activating group) is 1. The summed E-state index contributed by atoms with van der Waals surface area (Å²) < 4.78 is 12.6. The van der Waals surface area contributed by atoms with Crippen molar-refractivity contribution in [3.63, 3.8) is 0 Å². The van der Waals surface area contributed by atoms with Crippen molar-refractivity contribution in [1.29, 1.82) is 0 Å². The summed E-state index contributed by atoms with van der Waals surface area (Å²) in [5.41, 5.74) is -1.73. The average Bonchev–Trinajstić information content (AvgIpc) is 3.51. The second-order valence-corrected chi connectivity index (χ2v) is 10.1. The van der Waals surface area contributed by atoms with Gasteiger partial charge in [-0.3, -0.25) is 0 Å². The summed E-state index contributed by atoms with van der Waals surface area (Å²) in [6, 6.07) is 17.1. The fourth-order valence-electron chi connectivity index (χ4n) is 3.94. The van der Waals surface area contributed by atoms with Crippen LogP contribution in [0.2, 0.25) is 0 Å². The monoisotopic (exact) mass is 537 g/mol. The molecule has 3 aromatic rings. The van der Waals surface area contributed by atoms with E-state index in [1.165, 1.54) is 22.7 Å². The Morgan fingerprint density at radius 2 is 1.62 bits per heavy atom. The van der Waals surface area contributed by atoms with Crippen molar-refractivity contribution in [2.24, 2.45) is 0 Å². The van der Waals surface area contributed by atoms with E-state index < -0.39 is 11.6 Å². The lowest BCUT2D eigenvalue weighted by Gasteiger charge is -2.40. The summed E-state index contributed by atoms with van der Waals surface area (Å²) in [5.74, 6) is 0.310. The molecule has 1 N–H and O–H groups in total. The molecule has 0 aliphatic carbocycles. The summed E-state index contributed by atoms with van der Waals surface area (Å²) in [4.78, 5) is 14.3. The molecule has 0 spiro atoms. The molecule has 0 amide bonds. The first-order chi connectivity index (χ1) is 15.0. The molecule has 5 nitrogen and oxygen atoms in total. The normalized spacial score (nSPS) is 20.9. The van der Waals surface area contributed by atoms with Gasteiger partial charge in [0.2, 0.25) is 5.60 Å². The molecule has 1 aromatic carbocycles. The number of nitrogens with zero attached hydrogens (tertiary/aromatic N) is 1. The Morgan fingerprint density at radius 1 is 1.03 bits per heavy atom. The minimum absolute atomic E-state index is 0. The second kappa shape index (κ2) is 10.9. The zero-order valence-corrected chi connectivity index (χ0v) is 21.2. The molecular formula is C24H28BrNO4S2. The quantitative estimate of drug-likeness (QED) is 0.347. The highest BCUT2D eigenvalue weighted by atomic mass is 79.9. The van der Waals surface area contributed by atoms with Gasteiger partial charge in [-0.2, -0.15) is 0 Å². The summed E-state index contributed by atoms with van der Waals surface area (Å²) in [7, 11) is 2.22. The third kappa shape index (κ3) is 5.61. The Bertz CT molecular complexity index is 921. The van der Waals surface area contributed by atoms with Crippen molar-refractivity contribution in [2.45, 2.75) is 24.5 Å². The van der Waals surface area contributed by atoms with Crippen molar-refractivity contribution in [1.82, 2.24) is 0 Å². The predicted molar refractivity (Wildman–Crippen MR) is 123 cm³/mol. The van der Waals surface area contributed by atoms with Crippen molar-refractivity contribution >= 4 is 28.6 Å². The highest BCUT2D eigenvalue weighted by molar-refractivity contribution is 7.12. The van der Waals surface area contributed by atoms with E-state index in [-0.39, 0.29) is 23.1 Å².